The molecule has 0 N–H and O–H groups in total. The molecule has 0 atom stereocenters. The second-order valence-corrected chi connectivity index (χ2v) is 5.31. The van der Waals surface area contributed by atoms with Gasteiger partial charge in [-0.15, -0.1) is 0 Å². The Kier molecular flexibility index (Phi) is 2.48. The third-order valence-electron chi connectivity index (χ3n) is 3.92. The van der Waals surface area contributed by atoms with Gasteiger partial charge in [0.05, 0.1) is 29.3 Å². The quantitative estimate of drug-likeness (QED) is 0.540. The van der Waals surface area contributed by atoms with Gasteiger partial charge in [-0.05, 0) is 37.3 Å². The van der Waals surface area contributed by atoms with Gasteiger partial charge in [0.25, 0.3) is 5.56 Å². The molecule has 5 heteroatoms. The third-order valence-corrected chi connectivity index (χ3v) is 3.92. The van der Waals surface area contributed by atoms with E-state index in [1.807, 2.05) is 13.0 Å². The van der Waals surface area contributed by atoms with Crippen LogP contribution in [0.2, 0.25) is 0 Å². The molecule has 0 bridgehead atoms. The summed E-state index contributed by atoms with van der Waals surface area (Å²) in [6.07, 6.45) is 0. The number of hydrogen-bond donors (Lipinski definition) is 0. The molecule has 3 aromatic rings. The lowest BCUT2D eigenvalue weighted by atomic mass is 10.1. The van der Waals surface area contributed by atoms with Crippen LogP contribution >= 0.6 is 0 Å². The SMILES string of the molecule is COc1ccc2nc3n(c(=O)c2c1)-c1ccc(C)cc1C3=O. The number of carbonyl (C=O) groups excluding carboxylic acids is 1. The van der Waals surface area contributed by atoms with Crippen LogP contribution in [0.15, 0.2) is 41.2 Å². The number of ketones is 1. The molecule has 0 radical (unpaired) electrons. The van der Waals surface area contributed by atoms with Crippen molar-refractivity contribution in [3.63, 3.8) is 0 Å². The Balaban J connectivity index is 2.13. The van der Waals surface area contributed by atoms with E-state index in [4.69, 9.17) is 4.74 Å². The number of methoxy groups -OCH3 is 1. The van der Waals surface area contributed by atoms with Crippen LogP contribution < -0.4 is 10.3 Å². The summed E-state index contributed by atoms with van der Waals surface area (Å²) in [6.45, 7) is 1.91. The average Bonchev–Trinajstić information content (AvgIpc) is 2.80. The molecule has 2 aromatic carbocycles. The molecule has 0 amide bonds. The second-order valence-electron chi connectivity index (χ2n) is 5.31. The molecule has 4 rings (SSSR count). The van der Waals surface area contributed by atoms with Crippen molar-refractivity contribution in [1.82, 2.24) is 9.55 Å². The number of hydrogen-bond acceptors (Lipinski definition) is 4. The first-order valence-corrected chi connectivity index (χ1v) is 6.86. The molecular formula is C17H12N2O3. The minimum atomic E-state index is -0.255. The van der Waals surface area contributed by atoms with E-state index in [2.05, 4.69) is 4.98 Å². The van der Waals surface area contributed by atoms with Crippen molar-refractivity contribution in [3.8, 4) is 11.4 Å². The molecule has 1 aromatic heterocycles. The molecule has 1 aliphatic rings. The lowest BCUT2D eigenvalue weighted by molar-refractivity contribution is 0.103. The Labute approximate surface area is 125 Å². The van der Waals surface area contributed by atoms with Gasteiger partial charge in [-0.2, -0.15) is 0 Å². The van der Waals surface area contributed by atoms with E-state index in [-0.39, 0.29) is 17.2 Å². The first-order valence-electron chi connectivity index (χ1n) is 6.86. The molecule has 0 aliphatic carbocycles. The highest BCUT2D eigenvalue weighted by molar-refractivity contribution is 6.13. The van der Waals surface area contributed by atoms with Gasteiger partial charge in [0.2, 0.25) is 5.78 Å². The highest BCUT2D eigenvalue weighted by atomic mass is 16.5. The zero-order chi connectivity index (χ0) is 15.4. The molecule has 2 heterocycles. The van der Waals surface area contributed by atoms with Crippen molar-refractivity contribution in [3.05, 3.63) is 63.7 Å². The van der Waals surface area contributed by atoms with Crippen LogP contribution in [0.5, 0.6) is 5.75 Å². The Hall–Kier alpha value is -2.95. The van der Waals surface area contributed by atoms with Gasteiger partial charge in [0, 0.05) is 0 Å². The second kappa shape index (κ2) is 4.27. The maximum atomic E-state index is 12.8. The maximum Gasteiger partial charge on any atom is 0.266 e. The number of aromatic nitrogens is 2. The van der Waals surface area contributed by atoms with E-state index >= 15 is 0 Å². The van der Waals surface area contributed by atoms with Gasteiger partial charge in [0.1, 0.15) is 5.75 Å². The zero-order valence-corrected chi connectivity index (χ0v) is 12.1. The van der Waals surface area contributed by atoms with Crippen LogP contribution in [0.1, 0.15) is 21.7 Å². The summed E-state index contributed by atoms with van der Waals surface area (Å²) in [5.41, 5.74) is 2.32. The van der Waals surface area contributed by atoms with Gasteiger partial charge in [-0.3, -0.25) is 14.2 Å². The van der Waals surface area contributed by atoms with Crippen LogP contribution in [-0.2, 0) is 0 Å². The molecule has 0 unspecified atom stereocenters. The van der Waals surface area contributed by atoms with E-state index in [1.165, 1.54) is 4.57 Å². The standard InChI is InChI=1S/C17H12N2O3/c1-9-3-6-14-12(7-9)15(20)16-18-13-5-4-10(22-2)8-11(13)17(21)19(14)16/h3-8H,1-2H3. The zero-order valence-electron chi connectivity index (χ0n) is 12.1. The first kappa shape index (κ1) is 12.8. The third kappa shape index (κ3) is 1.56. The summed E-state index contributed by atoms with van der Waals surface area (Å²) in [5.74, 6) is 0.539. The van der Waals surface area contributed by atoms with Crippen molar-refractivity contribution in [1.29, 1.82) is 0 Å². The van der Waals surface area contributed by atoms with Crippen LogP contribution in [0, 0.1) is 6.92 Å². The Morgan fingerprint density at radius 2 is 1.91 bits per heavy atom. The number of ether oxygens (including phenoxy) is 1. The fraction of sp³-hybridized carbons (Fsp3) is 0.118. The molecule has 0 spiro atoms. The molecular weight excluding hydrogens is 280 g/mol. The van der Waals surface area contributed by atoms with Crippen molar-refractivity contribution < 1.29 is 9.53 Å². The maximum absolute atomic E-state index is 12.8. The number of fused-ring (bicyclic) bond motifs is 4. The van der Waals surface area contributed by atoms with Gasteiger partial charge >= 0.3 is 0 Å². The van der Waals surface area contributed by atoms with Crippen molar-refractivity contribution in [2.75, 3.05) is 7.11 Å². The predicted octanol–water partition coefficient (Wildman–Crippen LogP) is 2.25. The fourth-order valence-corrected chi connectivity index (χ4v) is 2.81. The Morgan fingerprint density at radius 3 is 2.68 bits per heavy atom. The molecule has 108 valence electrons. The average molecular weight is 292 g/mol. The first-order chi connectivity index (χ1) is 10.6. The smallest absolute Gasteiger partial charge is 0.266 e. The lowest BCUT2D eigenvalue weighted by Gasteiger charge is -2.07. The Morgan fingerprint density at radius 1 is 1.09 bits per heavy atom. The summed E-state index contributed by atoms with van der Waals surface area (Å²) < 4.78 is 6.55. The Bertz CT molecular complexity index is 1020. The number of carbonyl (C=O) groups is 1. The summed E-state index contributed by atoms with van der Waals surface area (Å²) in [5, 5.41) is 0.435. The van der Waals surface area contributed by atoms with Crippen LogP contribution in [0.4, 0.5) is 0 Å². The van der Waals surface area contributed by atoms with E-state index in [9.17, 15) is 9.59 Å². The van der Waals surface area contributed by atoms with E-state index in [0.717, 1.165) is 5.56 Å². The van der Waals surface area contributed by atoms with Crippen LogP contribution in [0.25, 0.3) is 16.6 Å². The molecule has 1 aliphatic heterocycles. The van der Waals surface area contributed by atoms with Gasteiger partial charge in [-0.1, -0.05) is 11.6 Å². The topological polar surface area (TPSA) is 61.2 Å². The van der Waals surface area contributed by atoms with Crippen LogP contribution in [-0.4, -0.2) is 22.4 Å². The van der Waals surface area contributed by atoms with E-state index < -0.39 is 0 Å². The molecule has 0 fully saturated rings. The largest absolute Gasteiger partial charge is 0.497 e. The minimum absolute atomic E-state index is 0.170. The summed E-state index contributed by atoms with van der Waals surface area (Å²) >= 11 is 0. The van der Waals surface area contributed by atoms with Crippen LogP contribution in [0.3, 0.4) is 0 Å². The number of benzene rings is 2. The number of aryl methyl sites for hydroxylation is 1. The minimum Gasteiger partial charge on any atom is -0.497 e. The molecule has 22 heavy (non-hydrogen) atoms. The lowest BCUT2D eigenvalue weighted by Crippen LogP contribution is -2.21. The van der Waals surface area contributed by atoms with Crippen molar-refractivity contribution >= 4 is 16.7 Å². The van der Waals surface area contributed by atoms with Gasteiger partial charge in [0.15, 0.2) is 5.82 Å². The van der Waals surface area contributed by atoms with Crippen molar-refractivity contribution in [2.45, 2.75) is 6.92 Å². The normalized spacial score (nSPS) is 12.4. The molecule has 0 saturated heterocycles. The van der Waals surface area contributed by atoms with Gasteiger partial charge in [-0.25, -0.2) is 4.98 Å². The highest BCUT2D eigenvalue weighted by Crippen LogP contribution is 2.27. The van der Waals surface area contributed by atoms with E-state index in [0.29, 0.717) is 27.9 Å². The van der Waals surface area contributed by atoms with Crippen molar-refractivity contribution in [2.24, 2.45) is 0 Å². The highest BCUT2D eigenvalue weighted by Gasteiger charge is 2.30. The number of rotatable bonds is 1. The summed E-state index contributed by atoms with van der Waals surface area (Å²) in [7, 11) is 1.54. The van der Waals surface area contributed by atoms with Gasteiger partial charge < -0.3 is 4.74 Å². The monoisotopic (exact) mass is 292 g/mol. The summed E-state index contributed by atoms with van der Waals surface area (Å²) in [4.78, 5) is 29.7. The molecule has 5 nitrogen and oxygen atoms in total. The predicted molar refractivity (Wildman–Crippen MR) is 82.1 cm³/mol. The number of nitrogens with zero attached hydrogens (tertiary/aromatic N) is 2. The fourth-order valence-electron chi connectivity index (χ4n) is 2.81. The molecule has 0 saturated carbocycles. The van der Waals surface area contributed by atoms with E-state index in [1.54, 1.807) is 37.4 Å². The summed E-state index contributed by atoms with van der Waals surface area (Å²) in [6, 6.07) is 10.5.